The van der Waals surface area contributed by atoms with E-state index in [2.05, 4.69) is 150 Å². The standard InChI is InChI=1S/C56H98N2O4Si.C40H80N2O4/c1-8-11-14-17-19-21-22-24-25-28-37-44-54(59)57-50(49-61-63(56(4,5)6,52-40-33-30-34-41-52)53-42-35-31-36-43-53)48-58(7)47-46-51(39-32-27-16-13-10-3)62-55(60)45-38-29-26-23-20-18-15-12-9-2;1-5-8-11-14-16-18-19-21-22-25-28-31-39(44)41-37(36-43)35-42(4)34-33-38(30-27-24-13-10-7-3)46-40(45)32-29-26-23-20-17-15-12-9-6-2/h30-31,33-36,40-43,50-51H,8-29,32,37-39,44-49H2,1-7H3,(H,57,59);37-38,43H,5-36H2,1-4H3,(H,41,44)/t50-,51-;37-,38-/m11/s1. The molecule has 2 amide bonds. The third-order valence-corrected chi connectivity index (χ3v) is 27.4. The molecule has 634 valence electrons. The van der Waals surface area contributed by atoms with Crippen molar-refractivity contribution in [3.8, 4) is 0 Å². The first-order valence-corrected chi connectivity index (χ1v) is 48.6. The first-order valence-electron chi connectivity index (χ1n) is 46.7. The van der Waals surface area contributed by atoms with Crippen LogP contribution in [0.5, 0.6) is 0 Å². The second kappa shape index (κ2) is 73.3. The number of ether oxygens (including phenoxy) is 2. The van der Waals surface area contributed by atoms with Crippen LogP contribution in [0.25, 0.3) is 0 Å². The topological polar surface area (TPSA) is 147 Å². The lowest BCUT2D eigenvalue weighted by Crippen LogP contribution is -2.67. The normalized spacial score (nSPS) is 12.9. The zero-order valence-electron chi connectivity index (χ0n) is 73.5. The Morgan fingerprint density at radius 3 is 0.899 bits per heavy atom. The molecule has 0 aliphatic heterocycles. The van der Waals surface area contributed by atoms with E-state index in [0.717, 1.165) is 103 Å². The number of hydrogen-bond donors (Lipinski definition) is 3. The van der Waals surface area contributed by atoms with Crippen molar-refractivity contribution in [3.05, 3.63) is 60.7 Å². The second-order valence-electron chi connectivity index (χ2n) is 34.1. The number of amides is 2. The molecule has 0 heterocycles. The Balaban J connectivity index is 0.00000115. The monoisotopic (exact) mass is 1540 g/mol. The van der Waals surface area contributed by atoms with E-state index in [1.165, 1.54) is 267 Å². The van der Waals surface area contributed by atoms with Crippen LogP contribution in [0.2, 0.25) is 5.04 Å². The quantitative estimate of drug-likeness (QED) is 0.0332. The Hall–Kier alpha value is -3.62. The largest absolute Gasteiger partial charge is 0.462 e. The van der Waals surface area contributed by atoms with Crippen LogP contribution in [0.1, 0.15) is 435 Å². The van der Waals surface area contributed by atoms with Crippen LogP contribution in [-0.2, 0) is 33.1 Å². The molecule has 13 heteroatoms. The van der Waals surface area contributed by atoms with Crippen molar-refractivity contribution >= 4 is 42.4 Å². The Morgan fingerprint density at radius 2 is 0.615 bits per heavy atom. The van der Waals surface area contributed by atoms with Crippen LogP contribution in [0, 0.1) is 0 Å². The number of likely N-dealkylation sites (N-methyl/N-ethyl adjacent to an activating group) is 2. The summed E-state index contributed by atoms with van der Waals surface area (Å²) in [4.78, 5) is 56.6. The van der Waals surface area contributed by atoms with Crippen molar-refractivity contribution in [1.82, 2.24) is 20.4 Å². The molecular formula is C96H178N4O8Si. The number of aliphatic hydroxyl groups is 1. The highest BCUT2D eigenvalue weighted by atomic mass is 28.4. The Labute approximate surface area is 675 Å². The predicted molar refractivity (Wildman–Crippen MR) is 471 cm³/mol. The molecule has 12 nitrogen and oxygen atoms in total. The highest BCUT2D eigenvalue weighted by Gasteiger charge is 2.50. The Morgan fingerprint density at radius 1 is 0.358 bits per heavy atom. The summed E-state index contributed by atoms with van der Waals surface area (Å²) in [5, 5.41) is 18.8. The van der Waals surface area contributed by atoms with Crippen molar-refractivity contribution in [2.45, 2.75) is 464 Å². The van der Waals surface area contributed by atoms with Gasteiger partial charge in [-0.25, -0.2) is 0 Å². The van der Waals surface area contributed by atoms with E-state index < -0.39 is 8.32 Å². The fourth-order valence-electron chi connectivity index (χ4n) is 15.6. The van der Waals surface area contributed by atoms with Crippen LogP contribution >= 0.6 is 0 Å². The molecule has 0 fully saturated rings. The van der Waals surface area contributed by atoms with E-state index in [1.54, 1.807) is 0 Å². The van der Waals surface area contributed by atoms with Gasteiger partial charge in [0.1, 0.15) is 12.2 Å². The molecule has 0 spiro atoms. The molecule has 2 aromatic rings. The lowest BCUT2D eigenvalue weighted by molar-refractivity contribution is -0.151. The van der Waals surface area contributed by atoms with Gasteiger partial charge in [-0.2, -0.15) is 0 Å². The van der Waals surface area contributed by atoms with Crippen molar-refractivity contribution in [2.75, 3.05) is 53.5 Å². The van der Waals surface area contributed by atoms with Gasteiger partial charge in [0.15, 0.2) is 0 Å². The van der Waals surface area contributed by atoms with Gasteiger partial charge in [0.25, 0.3) is 8.32 Å². The maximum absolute atomic E-state index is 13.7. The minimum atomic E-state index is -2.80. The van der Waals surface area contributed by atoms with Gasteiger partial charge in [0.05, 0.1) is 25.3 Å². The van der Waals surface area contributed by atoms with E-state index in [-0.39, 0.29) is 59.7 Å². The Bertz CT molecular complexity index is 2300. The van der Waals surface area contributed by atoms with Crippen LogP contribution in [0.4, 0.5) is 0 Å². The number of rotatable bonds is 76. The third-order valence-electron chi connectivity index (χ3n) is 22.4. The van der Waals surface area contributed by atoms with Gasteiger partial charge in [-0.1, -0.05) is 405 Å². The van der Waals surface area contributed by atoms with Gasteiger partial charge >= 0.3 is 11.9 Å². The van der Waals surface area contributed by atoms with E-state index in [9.17, 15) is 24.3 Å². The van der Waals surface area contributed by atoms with Gasteiger partial charge in [-0.05, 0) is 93.7 Å². The van der Waals surface area contributed by atoms with E-state index in [4.69, 9.17) is 13.9 Å². The van der Waals surface area contributed by atoms with Gasteiger partial charge < -0.3 is 39.4 Å². The third kappa shape index (κ3) is 58.0. The molecule has 0 aliphatic carbocycles. The summed E-state index contributed by atoms with van der Waals surface area (Å²) in [6, 6.07) is 21.1. The summed E-state index contributed by atoms with van der Waals surface area (Å²) in [7, 11) is 1.37. The van der Waals surface area contributed by atoms with Crippen molar-refractivity contribution in [1.29, 1.82) is 0 Å². The molecule has 4 atom stereocenters. The van der Waals surface area contributed by atoms with Gasteiger partial charge in [0.2, 0.25) is 11.8 Å². The average Bonchev–Trinajstić information content (AvgIpc) is 0.748. The number of carbonyl (C=O) groups excluding carboxylic acids is 4. The number of hydrogen-bond acceptors (Lipinski definition) is 10. The first-order chi connectivity index (χ1) is 53.0. The number of aliphatic hydroxyl groups excluding tert-OH is 1. The smallest absolute Gasteiger partial charge is 0.306 e. The Kier molecular flexibility index (Phi) is 69.5. The van der Waals surface area contributed by atoms with Crippen molar-refractivity contribution in [2.24, 2.45) is 0 Å². The van der Waals surface area contributed by atoms with Gasteiger partial charge in [0, 0.05) is 51.9 Å². The summed E-state index contributed by atoms with van der Waals surface area (Å²) in [6.45, 7) is 23.6. The molecule has 109 heavy (non-hydrogen) atoms. The molecule has 2 rings (SSSR count). The zero-order chi connectivity index (χ0) is 79.8. The number of esters is 2. The predicted octanol–water partition coefficient (Wildman–Crippen LogP) is 24.9. The number of nitrogens with zero attached hydrogens (tertiary/aromatic N) is 2. The highest BCUT2D eigenvalue weighted by molar-refractivity contribution is 6.99. The average molecular weight is 1540 g/mol. The second-order valence-corrected chi connectivity index (χ2v) is 38.5. The summed E-state index contributed by atoms with van der Waals surface area (Å²) in [6.07, 6.45) is 67.6. The minimum absolute atomic E-state index is 0.0367. The lowest BCUT2D eigenvalue weighted by atomic mass is 10.0. The summed E-state index contributed by atoms with van der Waals surface area (Å²) in [5.41, 5.74) is 0. The number of nitrogens with one attached hydrogen (secondary N) is 2. The van der Waals surface area contributed by atoms with E-state index >= 15 is 0 Å². The molecule has 0 saturated heterocycles. The minimum Gasteiger partial charge on any atom is -0.462 e. The SMILES string of the molecule is CCCCCCCCCCCCCC(=O)N[C@@H](CO)CN(C)CC[C@@H](CCCCCCC)OC(=O)CCCCCCCCCCC.CCCCCCCCCCCCCC(=O)N[C@@H](CO[Si](c1ccccc1)(c1ccccc1)C(C)(C)C)CN(C)CC[C@@H](CCCCCCC)OC(=O)CCCCCCCCCCC. The lowest BCUT2D eigenvalue weighted by Gasteiger charge is -2.44. The molecule has 0 bridgehead atoms. The number of carbonyl (C=O) groups is 4. The molecule has 0 unspecified atom stereocenters. The van der Waals surface area contributed by atoms with Crippen LogP contribution in [0.15, 0.2) is 60.7 Å². The number of benzene rings is 2. The molecular weight excluding hydrogens is 1370 g/mol. The van der Waals surface area contributed by atoms with Crippen molar-refractivity contribution in [3.63, 3.8) is 0 Å². The first kappa shape index (κ1) is 103. The summed E-state index contributed by atoms with van der Waals surface area (Å²) < 4.78 is 19.6. The molecule has 3 N–H and O–H groups in total. The van der Waals surface area contributed by atoms with Crippen molar-refractivity contribution < 1.29 is 38.2 Å². The summed E-state index contributed by atoms with van der Waals surface area (Å²) in [5.74, 6) is 0.0713. The molecule has 2 aromatic carbocycles. The number of unbranched alkanes of at least 4 members (excludes halogenated alkanes) is 44. The van der Waals surface area contributed by atoms with Crippen LogP contribution in [-0.4, -0.2) is 125 Å². The molecule has 0 aromatic heterocycles. The molecule has 0 radical (unpaired) electrons. The van der Waals surface area contributed by atoms with Crippen LogP contribution in [0.3, 0.4) is 0 Å². The zero-order valence-corrected chi connectivity index (χ0v) is 74.5. The molecule has 0 aliphatic rings. The van der Waals surface area contributed by atoms with E-state index in [0.29, 0.717) is 45.4 Å². The van der Waals surface area contributed by atoms with E-state index in [1.807, 2.05) is 7.05 Å². The summed E-state index contributed by atoms with van der Waals surface area (Å²) >= 11 is 0. The van der Waals surface area contributed by atoms with Gasteiger partial charge in [-0.3, -0.25) is 19.2 Å². The molecule has 0 saturated carbocycles. The van der Waals surface area contributed by atoms with Crippen LogP contribution < -0.4 is 21.0 Å². The maximum Gasteiger partial charge on any atom is 0.306 e. The fraction of sp³-hybridized carbons (Fsp3) is 0.833. The maximum atomic E-state index is 13.7. The fourth-order valence-corrected chi connectivity index (χ4v) is 20.2. The highest BCUT2D eigenvalue weighted by Crippen LogP contribution is 2.37. The van der Waals surface area contributed by atoms with Gasteiger partial charge in [-0.15, -0.1) is 0 Å².